The monoisotopic (exact) mass is 271 g/mol. The fourth-order valence-corrected chi connectivity index (χ4v) is 1.62. The SMILES string of the molecule is O=C(O)[C@@H]1C[C@H]1COc1ccc(Br)nc1. The van der Waals surface area contributed by atoms with Gasteiger partial charge in [0.05, 0.1) is 18.7 Å². The van der Waals surface area contributed by atoms with Crippen molar-refractivity contribution in [2.75, 3.05) is 6.61 Å². The largest absolute Gasteiger partial charge is 0.492 e. The molecule has 0 bridgehead atoms. The number of ether oxygens (including phenoxy) is 1. The second kappa shape index (κ2) is 4.18. The highest BCUT2D eigenvalue weighted by Gasteiger charge is 2.43. The van der Waals surface area contributed by atoms with Crippen molar-refractivity contribution in [2.24, 2.45) is 11.8 Å². The van der Waals surface area contributed by atoms with Gasteiger partial charge in [0.15, 0.2) is 0 Å². The maximum Gasteiger partial charge on any atom is 0.306 e. The summed E-state index contributed by atoms with van der Waals surface area (Å²) in [7, 11) is 0. The van der Waals surface area contributed by atoms with Gasteiger partial charge in [0.1, 0.15) is 10.4 Å². The molecule has 0 amide bonds. The number of hydrogen-bond donors (Lipinski definition) is 1. The molecule has 1 aromatic heterocycles. The lowest BCUT2D eigenvalue weighted by molar-refractivity contribution is -0.138. The Morgan fingerprint density at radius 2 is 2.47 bits per heavy atom. The van der Waals surface area contributed by atoms with E-state index in [-0.39, 0.29) is 11.8 Å². The minimum absolute atomic E-state index is 0.158. The average molecular weight is 272 g/mol. The number of halogens is 1. The quantitative estimate of drug-likeness (QED) is 0.851. The number of carbonyl (C=O) groups is 1. The molecule has 1 aliphatic rings. The maximum atomic E-state index is 10.6. The van der Waals surface area contributed by atoms with Crippen LogP contribution in [0.3, 0.4) is 0 Å². The lowest BCUT2D eigenvalue weighted by Gasteiger charge is -2.04. The van der Waals surface area contributed by atoms with Crippen LogP contribution in [0.15, 0.2) is 22.9 Å². The molecule has 2 atom stereocenters. The number of aliphatic carboxylic acids is 1. The van der Waals surface area contributed by atoms with Crippen molar-refractivity contribution in [1.29, 1.82) is 0 Å². The van der Waals surface area contributed by atoms with Crippen molar-refractivity contribution in [2.45, 2.75) is 6.42 Å². The fraction of sp³-hybridized carbons (Fsp3) is 0.400. The van der Waals surface area contributed by atoms with E-state index in [9.17, 15) is 4.79 Å². The molecule has 0 aliphatic heterocycles. The summed E-state index contributed by atoms with van der Waals surface area (Å²) < 4.78 is 6.17. The molecule has 0 spiro atoms. The van der Waals surface area contributed by atoms with Gasteiger partial charge in [-0.1, -0.05) is 0 Å². The van der Waals surface area contributed by atoms with Crippen molar-refractivity contribution >= 4 is 21.9 Å². The molecule has 0 aromatic carbocycles. The van der Waals surface area contributed by atoms with Crippen LogP contribution in [-0.4, -0.2) is 22.7 Å². The minimum atomic E-state index is -0.725. The van der Waals surface area contributed by atoms with E-state index in [0.29, 0.717) is 12.4 Å². The molecule has 1 N–H and O–H groups in total. The molecule has 5 heteroatoms. The van der Waals surface area contributed by atoms with Crippen LogP contribution in [0.5, 0.6) is 5.75 Å². The fourth-order valence-electron chi connectivity index (χ4n) is 1.39. The molecule has 80 valence electrons. The van der Waals surface area contributed by atoms with Gasteiger partial charge in [0.2, 0.25) is 0 Å². The highest BCUT2D eigenvalue weighted by Crippen LogP contribution is 2.38. The van der Waals surface area contributed by atoms with Gasteiger partial charge in [-0.15, -0.1) is 0 Å². The zero-order chi connectivity index (χ0) is 10.8. The van der Waals surface area contributed by atoms with Crippen LogP contribution in [0.2, 0.25) is 0 Å². The van der Waals surface area contributed by atoms with Crippen LogP contribution in [0.4, 0.5) is 0 Å². The molecule has 15 heavy (non-hydrogen) atoms. The molecule has 4 nitrogen and oxygen atoms in total. The second-order valence-electron chi connectivity index (χ2n) is 3.57. The van der Waals surface area contributed by atoms with Crippen molar-refractivity contribution in [3.8, 4) is 5.75 Å². The predicted molar refractivity (Wildman–Crippen MR) is 56.7 cm³/mol. The number of rotatable bonds is 4. The molecule has 1 aliphatic carbocycles. The number of hydrogen-bond acceptors (Lipinski definition) is 3. The Balaban J connectivity index is 1.80. The second-order valence-corrected chi connectivity index (χ2v) is 4.38. The van der Waals surface area contributed by atoms with Crippen molar-refractivity contribution in [3.63, 3.8) is 0 Å². The number of pyridine rings is 1. The van der Waals surface area contributed by atoms with Gasteiger partial charge in [-0.05, 0) is 34.5 Å². The Morgan fingerprint density at radius 1 is 1.67 bits per heavy atom. The van der Waals surface area contributed by atoms with Gasteiger partial charge in [0, 0.05) is 5.92 Å². The lowest BCUT2D eigenvalue weighted by atomic mass is 10.3. The Hall–Kier alpha value is -1.10. The van der Waals surface area contributed by atoms with Gasteiger partial charge in [-0.25, -0.2) is 4.98 Å². The summed E-state index contributed by atoms with van der Waals surface area (Å²) in [5.74, 6) is -0.105. The Morgan fingerprint density at radius 3 is 3.00 bits per heavy atom. The van der Waals surface area contributed by atoms with E-state index in [1.165, 1.54) is 0 Å². The van der Waals surface area contributed by atoms with Crippen LogP contribution in [0.25, 0.3) is 0 Å². The first kappa shape index (κ1) is 10.4. The van der Waals surface area contributed by atoms with Crippen LogP contribution in [-0.2, 0) is 4.79 Å². The molecular weight excluding hydrogens is 262 g/mol. The van der Waals surface area contributed by atoms with E-state index in [4.69, 9.17) is 9.84 Å². The topological polar surface area (TPSA) is 59.4 Å². The van der Waals surface area contributed by atoms with Crippen molar-refractivity contribution in [1.82, 2.24) is 4.98 Å². The van der Waals surface area contributed by atoms with E-state index in [2.05, 4.69) is 20.9 Å². The average Bonchev–Trinajstić information content (AvgIpc) is 2.96. The Bertz CT molecular complexity index is 365. The highest BCUT2D eigenvalue weighted by molar-refractivity contribution is 9.10. The van der Waals surface area contributed by atoms with Gasteiger partial charge in [0.25, 0.3) is 0 Å². The summed E-state index contributed by atoms with van der Waals surface area (Å²) in [6.45, 7) is 0.459. The van der Waals surface area contributed by atoms with Gasteiger partial charge >= 0.3 is 5.97 Å². The summed E-state index contributed by atoms with van der Waals surface area (Å²) in [6, 6.07) is 3.59. The maximum absolute atomic E-state index is 10.6. The lowest BCUT2D eigenvalue weighted by Crippen LogP contribution is -2.06. The zero-order valence-electron chi connectivity index (χ0n) is 7.89. The summed E-state index contributed by atoms with van der Waals surface area (Å²) in [5, 5.41) is 8.68. The van der Waals surface area contributed by atoms with Gasteiger partial charge in [-0.3, -0.25) is 4.79 Å². The normalized spacial score (nSPS) is 23.5. The van der Waals surface area contributed by atoms with E-state index >= 15 is 0 Å². The predicted octanol–water partition coefficient (Wildman–Crippen LogP) is 1.94. The Labute approximate surface area is 95.4 Å². The molecule has 1 fully saturated rings. The molecule has 0 radical (unpaired) electrons. The minimum Gasteiger partial charge on any atom is -0.492 e. The van der Waals surface area contributed by atoms with E-state index in [1.54, 1.807) is 18.3 Å². The van der Waals surface area contributed by atoms with Gasteiger partial charge in [-0.2, -0.15) is 0 Å². The molecule has 2 rings (SSSR count). The number of aromatic nitrogens is 1. The molecule has 0 saturated heterocycles. The van der Waals surface area contributed by atoms with Crippen LogP contribution >= 0.6 is 15.9 Å². The molecule has 1 aromatic rings. The third kappa shape index (κ3) is 2.68. The third-order valence-electron chi connectivity index (χ3n) is 2.40. The Kier molecular flexibility index (Phi) is 2.90. The standard InChI is InChI=1S/C10H10BrNO3/c11-9-2-1-7(4-12-9)15-5-6-3-8(6)10(13)14/h1-2,4,6,8H,3,5H2,(H,13,14)/t6-,8+/m0/s1. The molecule has 0 unspecified atom stereocenters. The summed E-state index contributed by atoms with van der Waals surface area (Å²) in [4.78, 5) is 14.6. The molecule has 1 heterocycles. The van der Waals surface area contributed by atoms with Crippen molar-refractivity contribution in [3.05, 3.63) is 22.9 Å². The van der Waals surface area contributed by atoms with E-state index < -0.39 is 5.97 Å². The third-order valence-corrected chi connectivity index (χ3v) is 2.87. The van der Waals surface area contributed by atoms with Crippen molar-refractivity contribution < 1.29 is 14.6 Å². The highest BCUT2D eigenvalue weighted by atomic mass is 79.9. The summed E-state index contributed by atoms with van der Waals surface area (Å²) >= 11 is 3.22. The number of carboxylic acid groups (broad SMARTS) is 1. The molecule has 1 saturated carbocycles. The first-order valence-electron chi connectivity index (χ1n) is 4.64. The zero-order valence-corrected chi connectivity index (χ0v) is 9.48. The smallest absolute Gasteiger partial charge is 0.306 e. The van der Waals surface area contributed by atoms with Crippen LogP contribution < -0.4 is 4.74 Å². The van der Waals surface area contributed by atoms with Crippen LogP contribution in [0.1, 0.15) is 6.42 Å². The number of carboxylic acids is 1. The van der Waals surface area contributed by atoms with Crippen LogP contribution in [0, 0.1) is 11.8 Å². The first-order valence-corrected chi connectivity index (χ1v) is 5.43. The summed E-state index contributed by atoms with van der Waals surface area (Å²) in [5.41, 5.74) is 0. The number of nitrogens with zero attached hydrogens (tertiary/aromatic N) is 1. The van der Waals surface area contributed by atoms with E-state index in [0.717, 1.165) is 11.0 Å². The summed E-state index contributed by atoms with van der Waals surface area (Å²) in [6.07, 6.45) is 2.33. The van der Waals surface area contributed by atoms with E-state index in [1.807, 2.05) is 0 Å². The van der Waals surface area contributed by atoms with Gasteiger partial charge < -0.3 is 9.84 Å². The first-order chi connectivity index (χ1) is 7.16. The molecular formula is C10H10BrNO3.